The normalized spacial score (nSPS) is 15.9. The van der Waals surface area contributed by atoms with Crippen molar-refractivity contribution in [2.75, 3.05) is 38.4 Å². The lowest BCUT2D eigenvalue weighted by atomic mass is 9.86. The number of carbonyl (C=O) groups excluding carboxylic acids is 1. The van der Waals surface area contributed by atoms with E-state index >= 15 is 0 Å². The monoisotopic (exact) mass is 381 g/mol. The third kappa shape index (κ3) is 5.20. The minimum Gasteiger partial charge on any atom is -0.376 e. The second-order valence-corrected chi connectivity index (χ2v) is 9.60. The highest BCUT2D eigenvalue weighted by Gasteiger charge is 2.20. The first-order valence-electron chi connectivity index (χ1n) is 9.25. The number of carbonyl (C=O) groups is 1. The predicted molar refractivity (Wildman–Crippen MR) is 106 cm³/mol. The maximum atomic E-state index is 12.4. The van der Waals surface area contributed by atoms with Gasteiger partial charge >= 0.3 is 0 Å². The average Bonchev–Trinajstić information content (AvgIpc) is 2.60. The summed E-state index contributed by atoms with van der Waals surface area (Å²) in [6.07, 6.45) is 7.64. The Morgan fingerprint density at radius 3 is 2.35 bits per heavy atom. The van der Waals surface area contributed by atoms with Crippen LogP contribution >= 0.6 is 0 Å². The molecule has 1 aromatic rings. The fraction of sp³-hybridized carbons (Fsp3) is 0.632. The molecule has 0 unspecified atom stereocenters. The maximum Gasteiger partial charge on any atom is 0.242 e. The third-order valence-electron chi connectivity index (χ3n) is 5.01. The van der Waals surface area contributed by atoms with Gasteiger partial charge in [0.25, 0.3) is 0 Å². The Labute approximate surface area is 157 Å². The number of hydrogen-bond donors (Lipinski definition) is 1. The quantitative estimate of drug-likeness (QED) is 0.787. The van der Waals surface area contributed by atoms with E-state index in [0.717, 1.165) is 12.1 Å². The summed E-state index contributed by atoms with van der Waals surface area (Å²) in [5.41, 5.74) is 1.32. The first kappa shape index (κ1) is 20.7. The van der Waals surface area contributed by atoms with Crippen molar-refractivity contribution in [2.45, 2.75) is 49.8 Å². The summed E-state index contributed by atoms with van der Waals surface area (Å²) in [5, 5.41) is 2.92. The number of hydrogen-bond acceptors (Lipinski definition) is 4. The van der Waals surface area contributed by atoms with Crippen LogP contribution in [0.25, 0.3) is 0 Å². The van der Waals surface area contributed by atoms with Crippen LogP contribution in [0.15, 0.2) is 23.1 Å². The van der Waals surface area contributed by atoms with Crippen molar-refractivity contribution in [3.05, 3.63) is 18.2 Å². The number of benzene rings is 1. The maximum absolute atomic E-state index is 12.4. The average molecular weight is 382 g/mol. The molecule has 1 N–H and O–H groups in total. The van der Waals surface area contributed by atoms with Crippen LogP contribution in [0.4, 0.5) is 11.4 Å². The van der Waals surface area contributed by atoms with Gasteiger partial charge in [-0.05, 0) is 30.5 Å². The predicted octanol–water partition coefficient (Wildman–Crippen LogP) is 3.30. The molecule has 0 saturated heterocycles. The van der Waals surface area contributed by atoms with Gasteiger partial charge in [0, 0.05) is 34.6 Å². The molecule has 0 aromatic heterocycles. The molecule has 1 fully saturated rings. The first-order chi connectivity index (χ1) is 12.2. The van der Waals surface area contributed by atoms with E-state index in [9.17, 15) is 13.2 Å². The lowest BCUT2D eigenvalue weighted by molar-refractivity contribution is -0.116. The van der Waals surface area contributed by atoms with Crippen molar-refractivity contribution in [1.82, 2.24) is 4.31 Å². The Morgan fingerprint density at radius 2 is 1.77 bits per heavy atom. The second-order valence-electron chi connectivity index (χ2n) is 7.45. The van der Waals surface area contributed by atoms with Crippen LogP contribution in [0.5, 0.6) is 0 Å². The van der Waals surface area contributed by atoms with Crippen LogP contribution in [-0.2, 0) is 14.8 Å². The highest BCUT2D eigenvalue weighted by Crippen LogP contribution is 2.30. The van der Waals surface area contributed by atoms with Crippen molar-refractivity contribution in [1.29, 1.82) is 0 Å². The Hall–Kier alpha value is -1.60. The summed E-state index contributed by atoms with van der Waals surface area (Å²) in [5.74, 6) is 0.585. The molecule has 26 heavy (non-hydrogen) atoms. The van der Waals surface area contributed by atoms with Gasteiger partial charge < -0.3 is 10.2 Å². The lowest BCUT2D eigenvalue weighted by Crippen LogP contribution is -2.23. The molecule has 0 atom stereocenters. The van der Waals surface area contributed by atoms with E-state index in [2.05, 4.69) is 5.32 Å². The van der Waals surface area contributed by atoms with Gasteiger partial charge in [-0.1, -0.05) is 32.1 Å². The Balaban J connectivity index is 2.13. The van der Waals surface area contributed by atoms with Gasteiger partial charge in [-0.25, -0.2) is 12.7 Å². The lowest BCUT2D eigenvalue weighted by Gasteiger charge is -2.22. The molecule has 1 amide bonds. The largest absolute Gasteiger partial charge is 0.376 e. The molecule has 0 radical (unpaired) electrons. The van der Waals surface area contributed by atoms with Crippen molar-refractivity contribution in [3.63, 3.8) is 0 Å². The summed E-state index contributed by atoms with van der Waals surface area (Å²) < 4.78 is 25.9. The molecule has 0 heterocycles. The number of rotatable bonds is 7. The van der Waals surface area contributed by atoms with E-state index in [1.54, 1.807) is 18.2 Å². The second kappa shape index (κ2) is 8.86. The topological polar surface area (TPSA) is 69.7 Å². The standard InChI is InChI=1S/C19H31N3O3S/c1-21(2)18-12-11-16(26(24,25)22(3)4)14-17(18)20-19(23)13-10-15-8-6-5-7-9-15/h11-12,14-15H,5-10,13H2,1-4H3,(H,20,23). The summed E-state index contributed by atoms with van der Waals surface area (Å²) in [7, 11) is 3.19. The van der Waals surface area contributed by atoms with Gasteiger partial charge in [-0.2, -0.15) is 0 Å². The molecule has 7 heteroatoms. The van der Waals surface area contributed by atoms with Crippen LogP contribution in [-0.4, -0.2) is 46.8 Å². The first-order valence-corrected chi connectivity index (χ1v) is 10.7. The highest BCUT2D eigenvalue weighted by atomic mass is 32.2. The molecule has 146 valence electrons. The van der Waals surface area contributed by atoms with Crippen molar-refractivity contribution >= 4 is 27.3 Å². The summed E-state index contributed by atoms with van der Waals surface area (Å²) in [6, 6.07) is 4.85. The van der Waals surface area contributed by atoms with Gasteiger partial charge in [0.05, 0.1) is 16.3 Å². The highest BCUT2D eigenvalue weighted by molar-refractivity contribution is 7.89. The van der Waals surface area contributed by atoms with Gasteiger partial charge in [0.15, 0.2) is 0 Å². The van der Waals surface area contributed by atoms with E-state index in [1.165, 1.54) is 50.5 Å². The summed E-state index contributed by atoms with van der Waals surface area (Å²) in [4.78, 5) is 14.5. The molecule has 1 aliphatic rings. The molecule has 6 nitrogen and oxygen atoms in total. The fourth-order valence-electron chi connectivity index (χ4n) is 3.40. The van der Waals surface area contributed by atoms with Crippen molar-refractivity contribution in [3.8, 4) is 0 Å². The summed E-state index contributed by atoms with van der Waals surface area (Å²) in [6.45, 7) is 0. The van der Waals surface area contributed by atoms with Gasteiger partial charge in [0.2, 0.25) is 15.9 Å². The molecular weight excluding hydrogens is 350 g/mol. The zero-order chi connectivity index (χ0) is 19.3. The van der Waals surface area contributed by atoms with Crippen LogP contribution in [0.1, 0.15) is 44.9 Å². The number of amides is 1. The molecule has 1 aliphatic carbocycles. The Kier molecular flexibility index (Phi) is 7.06. The summed E-state index contributed by atoms with van der Waals surface area (Å²) >= 11 is 0. The molecule has 1 saturated carbocycles. The third-order valence-corrected chi connectivity index (χ3v) is 6.82. The number of nitrogens with one attached hydrogen (secondary N) is 1. The number of anilines is 2. The Bertz CT molecular complexity index is 724. The van der Waals surface area contributed by atoms with E-state index in [-0.39, 0.29) is 10.8 Å². The van der Waals surface area contributed by atoms with Gasteiger partial charge in [-0.3, -0.25) is 4.79 Å². The van der Waals surface area contributed by atoms with Gasteiger partial charge in [-0.15, -0.1) is 0 Å². The zero-order valence-corrected chi connectivity index (χ0v) is 17.1. The van der Waals surface area contributed by atoms with Crippen molar-refractivity contribution in [2.24, 2.45) is 5.92 Å². The minimum absolute atomic E-state index is 0.0573. The molecule has 0 bridgehead atoms. The molecule has 0 spiro atoms. The molecule has 2 rings (SSSR count). The van der Waals surface area contributed by atoms with Crippen LogP contribution < -0.4 is 10.2 Å². The fourth-order valence-corrected chi connectivity index (χ4v) is 4.33. The van der Waals surface area contributed by atoms with Crippen molar-refractivity contribution < 1.29 is 13.2 Å². The van der Waals surface area contributed by atoms with Crippen LogP contribution in [0.2, 0.25) is 0 Å². The molecular formula is C19H31N3O3S. The SMILES string of the molecule is CN(C)c1ccc(S(=O)(=O)N(C)C)cc1NC(=O)CCC1CCCCC1. The molecule has 0 aliphatic heterocycles. The Morgan fingerprint density at radius 1 is 1.12 bits per heavy atom. The van der Waals surface area contributed by atoms with Crippen LogP contribution in [0, 0.1) is 5.92 Å². The van der Waals surface area contributed by atoms with E-state index in [0.29, 0.717) is 18.0 Å². The van der Waals surface area contributed by atoms with Crippen LogP contribution in [0.3, 0.4) is 0 Å². The van der Waals surface area contributed by atoms with E-state index in [4.69, 9.17) is 0 Å². The zero-order valence-electron chi connectivity index (χ0n) is 16.3. The van der Waals surface area contributed by atoms with Gasteiger partial charge in [0.1, 0.15) is 0 Å². The molecule has 1 aromatic carbocycles. The number of sulfonamides is 1. The smallest absolute Gasteiger partial charge is 0.242 e. The number of nitrogens with zero attached hydrogens (tertiary/aromatic N) is 2. The van der Waals surface area contributed by atoms with E-state index in [1.807, 2.05) is 19.0 Å². The minimum atomic E-state index is -3.54. The van der Waals surface area contributed by atoms with E-state index < -0.39 is 10.0 Å².